The molecule has 0 amide bonds. The van der Waals surface area contributed by atoms with Gasteiger partial charge < -0.3 is 9.47 Å². The highest BCUT2D eigenvalue weighted by molar-refractivity contribution is 6.09. The highest BCUT2D eigenvalue weighted by Gasteiger charge is 2.50. The summed E-state index contributed by atoms with van der Waals surface area (Å²) in [6.45, 7) is 7.90. The smallest absolute Gasteiger partial charge is 0.333 e. The van der Waals surface area contributed by atoms with Crippen molar-refractivity contribution in [3.63, 3.8) is 0 Å². The van der Waals surface area contributed by atoms with Gasteiger partial charge in [-0.3, -0.25) is 4.79 Å². The van der Waals surface area contributed by atoms with Gasteiger partial charge in [0.15, 0.2) is 5.78 Å². The Hall–Kier alpha value is -1.68. The number of carbonyl (C=O) groups excluding carboxylic acids is 2. The van der Waals surface area contributed by atoms with Crippen LogP contribution in [0.3, 0.4) is 0 Å². The molecule has 25 heavy (non-hydrogen) atoms. The van der Waals surface area contributed by atoms with E-state index in [9.17, 15) is 9.59 Å². The Morgan fingerprint density at radius 2 is 1.96 bits per heavy atom. The number of methoxy groups -OCH3 is 1. The Morgan fingerprint density at radius 3 is 2.64 bits per heavy atom. The monoisotopic (exact) mass is 346 g/mol. The summed E-state index contributed by atoms with van der Waals surface area (Å²) in [5.74, 6) is -0.510. The third-order valence-electron chi connectivity index (χ3n) is 5.36. The largest absolute Gasteiger partial charge is 0.466 e. The van der Waals surface area contributed by atoms with Crippen molar-refractivity contribution in [1.29, 1.82) is 0 Å². The molecule has 138 valence electrons. The molecular formula is C21H30O4. The molecule has 1 aliphatic heterocycles. The van der Waals surface area contributed by atoms with Crippen molar-refractivity contribution in [3.8, 4) is 0 Å². The van der Waals surface area contributed by atoms with Crippen molar-refractivity contribution in [2.45, 2.75) is 77.9 Å². The second-order valence-electron chi connectivity index (χ2n) is 7.50. The number of carbonyl (C=O) groups is 2. The number of esters is 1. The fourth-order valence-corrected chi connectivity index (χ4v) is 3.42. The van der Waals surface area contributed by atoms with Gasteiger partial charge in [-0.2, -0.15) is 0 Å². The van der Waals surface area contributed by atoms with Crippen molar-refractivity contribution in [1.82, 2.24) is 0 Å². The maximum atomic E-state index is 12.7. The zero-order valence-electron chi connectivity index (χ0n) is 16.1. The van der Waals surface area contributed by atoms with Gasteiger partial charge in [0, 0.05) is 11.1 Å². The zero-order chi connectivity index (χ0) is 18.6. The van der Waals surface area contributed by atoms with E-state index in [1.54, 1.807) is 13.0 Å². The zero-order valence-corrected chi connectivity index (χ0v) is 16.1. The molecule has 0 aromatic heterocycles. The van der Waals surface area contributed by atoms with Crippen LogP contribution >= 0.6 is 0 Å². The van der Waals surface area contributed by atoms with E-state index in [2.05, 4.69) is 19.9 Å². The molecule has 0 radical (unpaired) electrons. The van der Waals surface area contributed by atoms with Crippen LogP contribution in [-0.2, 0) is 19.1 Å². The summed E-state index contributed by atoms with van der Waals surface area (Å²) in [5, 5.41) is 0. The van der Waals surface area contributed by atoms with E-state index in [0.717, 1.165) is 37.7 Å². The van der Waals surface area contributed by atoms with Crippen molar-refractivity contribution < 1.29 is 19.1 Å². The second-order valence-corrected chi connectivity index (χ2v) is 7.50. The minimum atomic E-state index is -0.431. The van der Waals surface area contributed by atoms with E-state index in [-0.39, 0.29) is 17.5 Å². The molecule has 0 N–H and O–H groups in total. The second kappa shape index (κ2) is 8.13. The van der Waals surface area contributed by atoms with Crippen LogP contribution in [0.4, 0.5) is 0 Å². The number of rotatable bonds is 1. The van der Waals surface area contributed by atoms with E-state index in [4.69, 9.17) is 9.47 Å². The van der Waals surface area contributed by atoms with Crippen molar-refractivity contribution in [2.75, 3.05) is 7.11 Å². The summed E-state index contributed by atoms with van der Waals surface area (Å²) in [5.41, 5.74) is 3.24. The fourth-order valence-electron chi connectivity index (χ4n) is 3.42. The fraction of sp³-hybridized carbons (Fsp3) is 0.619. The van der Waals surface area contributed by atoms with Gasteiger partial charge in [-0.05, 0) is 72.3 Å². The van der Waals surface area contributed by atoms with E-state index in [1.165, 1.54) is 12.7 Å². The van der Waals surface area contributed by atoms with Crippen LogP contribution in [-0.4, -0.2) is 30.6 Å². The summed E-state index contributed by atoms with van der Waals surface area (Å²) in [6.07, 6.45) is 9.30. The molecule has 0 bridgehead atoms. The summed E-state index contributed by atoms with van der Waals surface area (Å²) < 4.78 is 10.7. The number of epoxide rings is 1. The number of fused-ring (bicyclic) bond motifs is 1. The number of hydrogen-bond donors (Lipinski definition) is 0. The molecule has 1 aliphatic carbocycles. The van der Waals surface area contributed by atoms with E-state index in [1.807, 2.05) is 6.92 Å². The van der Waals surface area contributed by atoms with Crippen LogP contribution in [0.1, 0.15) is 66.2 Å². The van der Waals surface area contributed by atoms with Gasteiger partial charge in [0.1, 0.15) is 0 Å². The molecule has 0 saturated carbocycles. The highest BCUT2D eigenvalue weighted by Crippen LogP contribution is 2.43. The van der Waals surface area contributed by atoms with Gasteiger partial charge in [-0.15, -0.1) is 0 Å². The molecule has 2 rings (SSSR count). The molecule has 0 aromatic carbocycles. The van der Waals surface area contributed by atoms with Crippen LogP contribution in [0.2, 0.25) is 0 Å². The topological polar surface area (TPSA) is 55.9 Å². The molecule has 1 fully saturated rings. The predicted octanol–water partition coefficient (Wildman–Crippen LogP) is 4.45. The molecule has 2 aliphatic rings. The standard InChI is InChI=1S/C21H30O4/c1-14-7-6-12-21(4)19(25-21)11-9-15(2)13-18(22)17(10-8-14)16(3)20(23)24-5/h7,13,19H,6,8-12H2,1-5H3. The number of ketones is 1. The highest BCUT2D eigenvalue weighted by atomic mass is 16.6. The van der Waals surface area contributed by atoms with Crippen molar-refractivity contribution >= 4 is 11.8 Å². The lowest BCUT2D eigenvalue weighted by atomic mass is 9.92. The molecule has 2 unspecified atom stereocenters. The summed E-state index contributed by atoms with van der Waals surface area (Å²) in [6, 6.07) is 0. The van der Waals surface area contributed by atoms with Gasteiger partial charge in [-0.25, -0.2) is 4.79 Å². The number of ether oxygens (including phenoxy) is 2. The Morgan fingerprint density at radius 1 is 1.24 bits per heavy atom. The van der Waals surface area contributed by atoms with Crippen LogP contribution in [0.5, 0.6) is 0 Å². The van der Waals surface area contributed by atoms with Crippen LogP contribution in [0, 0.1) is 0 Å². The molecule has 0 spiro atoms. The van der Waals surface area contributed by atoms with Gasteiger partial charge in [-0.1, -0.05) is 17.2 Å². The molecule has 0 aromatic rings. The van der Waals surface area contributed by atoms with E-state index < -0.39 is 5.97 Å². The Balaban J connectivity index is 2.26. The third-order valence-corrected chi connectivity index (χ3v) is 5.36. The maximum absolute atomic E-state index is 12.7. The summed E-state index contributed by atoms with van der Waals surface area (Å²) in [7, 11) is 1.35. The summed E-state index contributed by atoms with van der Waals surface area (Å²) >= 11 is 0. The van der Waals surface area contributed by atoms with E-state index >= 15 is 0 Å². The minimum absolute atomic E-state index is 0.00226. The van der Waals surface area contributed by atoms with Gasteiger partial charge in [0.2, 0.25) is 0 Å². The predicted molar refractivity (Wildman–Crippen MR) is 98.2 cm³/mol. The SMILES string of the molecule is COC(=O)C(C)=C1CCC(C)=CCCC2(C)OC2CCC(C)=CC1=O. The van der Waals surface area contributed by atoms with Crippen LogP contribution in [0.15, 0.2) is 34.4 Å². The normalized spacial score (nSPS) is 30.4. The minimum Gasteiger partial charge on any atom is -0.466 e. The molecule has 4 nitrogen and oxygen atoms in total. The first kappa shape index (κ1) is 19.6. The first-order chi connectivity index (χ1) is 11.8. The average Bonchev–Trinajstić information content (AvgIpc) is 3.21. The molecule has 1 heterocycles. The first-order valence-electron chi connectivity index (χ1n) is 9.10. The Bertz CT molecular complexity index is 638. The summed E-state index contributed by atoms with van der Waals surface area (Å²) in [4.78, 5) is 24.6. The lowest BCUT2D eigenvalue weighted by Gasteiger charge is -2.11. The van der Waals surface area contributed by atoms with Crippen LogP contribution in [0.25, 0.3) is 0 Å². The quantitative estimate of drug-likeness (QED) is 0.305. The number of hydrogen-bond acceptors (Lipinski definition) is 4. The van der Waals surface area contributed by atoms with Crippen LogP contribution < -0.4 is 0 Å². The maximum Gasteiger partial charge on any atom is 0.333 e. The Labute approximate surface area is 151 Å². The lowest BCUT2D eigenvalue weighted by Crippen LogP contribution is -2.12. The average molecular weight is 346 g/mol. The molecule has 2 atom stereocenters. The lowest BCUT2D eigenvalue weighted by molar-refractivity contribution is -0.136. The van der Waals surface area contributed by atoms with Gasteiger partial charge in [0.25, 0.3) is 0 Å². The van der Waals surface area contributed by atoms with Gasteiger partial charge in [0.05, 0.1) is 18.8 Å². The van der Waals surface area contributed by atoms with Crippen molar-refractivity contribution in [3.05, 3.63) is 34.4 Å². The third kappa shape index (κ3) is 5.15. The van der Waals surface area contributed by atoms with E-state index in [0.29, 0.717) is 17.6 Å². The first-order valence-corrected chi connectivity index (χ1v) is 9.10. The Kier molecular flexibility index (Phi) is 6.39. The van der Waals surface area contributed by atoms with Gasteiger partial charge >= 0.3 is 5.97 Å². The molecule has 4 heteroatoms. The molecule has 1 saturated heterocycles. The number of allylic oxidation sites excluding steroid dienone is 5. The van der Waals surface area contributed by atoms with Crippen molar-refractivity contribution in [2.24, 2.45) is 0 Å². The molecular weight excluding hydrogens is 316 g/mol.